The molecule has 0 radical (unpaired) electrons. The number of hydrogen-bond acceptors (Lipinski definition) is 7. The third-order valence-electron chi connectivity index (χ3n) is 8.27. The van der Waals surface area contributed by atoms with Gasteiger partial charge in [-0.1, -0.05) is 29.8 Å². The first-order valence-electron chi connectivity index (χ1n) is 13.6. The van der Waals surface area contributed by atoms with Crippen LogP contribution in [0, 0.1) is 20.8 Å². The van der Waals surface area contributed by atoms with E-state index < -0.39 is 6.04 Å². The molecule has 2 atom stereocenters. The van der Waals surface area contributed by atoms with E-state index in [9.17, 15) is 4.79 Å². The van der Waals surface area contributed by atoms with Gasteiger partial charge >= 0.3 is 0 Å². The van der Waals surface area contributed by atoms with Crippen molar-refractivity contribution >= 4 is 28.2 Å². The average molecular weight is 548 g/mol. The van der Waals surface area contributed by atoms with E-state index in [4.69, 9.17) is 16.3 Å². The van der Waals surface area contributed by atoms with Crippen LogP contribution in [0.5, 0.6) is 0 Å². The Morgan fingerprint density at radius 1 is 1.08 bits per heavy atom. The molecule has 0 saturated carbocycles. The molecule has 2 fully saturated rings. The van der Waals surface area contributed by atoms with Crippen molar-refractivity contribution in [2.24, 2.45) is 0 Å². The second kappa shape index (κ2) is 10.7. The molecule has 10 heteroatoms. The van der Waals surface area contributed by atoms with Crippen molar-refractivity contribution in [2.75, 3.05) is 37.7 Å². The summed E-state index contributed by atoms with van der Waals surface area (Å²) in [6.07, 6.45) is 2.10. The number of aromatic amines is 1. The van der Waals surface area contributed by atoms with Crippen LogP contribution in [0.2, 0.25) is 5.02 Å². The largest absolute Gasteiger partial charge is 0.376 e. The van der Waals surface area contributed by atoms with Gasteiger partial charge in [0.25, 0.3) is 5.56 Å². The Hall–Kier alpha value is -3.27. The number of tetrazole rings is 1. The lowest BCUT2D eigenvalue weighted by atomic mass is 9.99. The molecule has 2 unspecified atom stereocenters. The molecule has 2 aromatic carbocycles. The molecule has 0 bridgehead atoms. The number of nitrogens with one attached hydrogen (secondary N) is 1. The van der Waals surface area contributed by atoms with E-state index in [1.54, 1.807) is 0 Å². The Morgan fingerprint density at radius 2 is 1.87 bits per heavy atom. The fourth-order valence-corrected chi connectivity index (χ4v) is 6.07. The number of ether oxygens (including phenoxy) is 1. The molecular formula is C29H34ClN7O2. The molecule has 4 aromatic rings. The molecule has 0 spiro atoms. The highest BCUT2D eigenvalue weighted by atomic mass is 35.5. The maximum atomic E-state index is 13.7. The highest BCUT2D eigenvalue weighted by molar-refractivity contribution is 6.30. The maximum absolute atomic E-state index is 13.7. The van der Waals surface area contributed by atoms with Crippen molar-refractivity contribution in [2.45, 2.75) is 52.3 Å². The van der Waals surface area contributed by atoms with Crippen LogP contribution < -0.4 is 10.5 Å². The van der Waals surface area contributed by atoms with Gasteiger partial charge in [-0.15, -0.1) is 5.10 Å². The Bertz CT molecular complexity index is 1550. The number of pyridine rings is 1. The van der Waals surface area contributed by atoms with E-state index in [0.717, 1.165) is 78.4 Å². The van der Waals surface area contributed by atoms with Crippen molar-refractivity contribution in [1.29, 1.82) is 0 Å². The normalized spacial score (nSPS) is 19.2. The number of H-pyrrole nitrogens is 1. The Morgan fingerprint density at radius 3 is 2.64 bits per heavy atom. The topological polar surface area (TPSA) is 92.2 Å². The zero-order valence-corrected chi connectivity index (χ0v) is 23.4. The van der Waals surface area contributed by atoms with Crippen LogP contribution in [0.15, 0.2) is 41.2 Å². The van der Waals surface area contributed by atoms with Gasteiger partial charge in [0.2, 0.25) is 0 Å². The molecule has 39 heavy (non-hydrogen) atoms. The third kappa shape index (κ3) is 5.06. The van der Waals surface area contributed by atoms with Crippen LogP contribution in [-0.4, -0.2) is 69.0 Å². The first-order chi connectivity index (χ1) is 18.9. The zero-order chi connectivity index (χ0) is 27.1. The van der Waals surface area contributed by atoms with Gasteiger partial charge in [-0.3, -0.25) is 9.69 Å². The molecule has 4 heterocycles. The van der Waals surface area contributed by atoms with Crippen LogP contribution in [0.4, 0.5) is 5.69 Å². The smallest absolute Gasteiger partial charge is 0.253 e. The van der Waals surface area contributed by atoms with Gasteiger partial charge in [0.05, 0.1) is 18.2 Å². The summed E-state index contributed by atoms with van der Waals surface area (Å²) < 4.78 is 7.72. The lowest BCUT2D eigenvalue weighted by molar-refractivity contribution is 0.0906. The van der Waals surface area contributed by atoms with Crippen molar-refractivity contribution in [3.63, 3.8) is 0 Å². The predicted molar refractivity (Wildman–Crippen MR) is 153 cm³/mol. The highest BCUT2D eigenvalue weighted by Gasteiger charge is 2.34. The molecule has 0 aliphatic carbocycles. The number of anilines is 1. The van der Waals surface area contributed by atoms with Crippen LogP contribution in [0.1, 0.15) is 47.0 Å². The average Bonchev–Trinajstić information content (AvgIpc) is 3.62. The van der Waals surface area contributed by atoms with E-state index in [-0.39, 0.29) is 11.7 Å². The second-order valence-electron chi connectivity index (χ2n) is 10.7. The minimum absolute atomic E-state index is 0.0797. The van der Waals surface area contributed by atoms with E-state index in [1.165, 1.54) is 5.56 Å². The van der Waals surface area contributed by atoms with Gasteiger partial charge in [-0.25, -0.2) is 4.68 Å². The molecule has 6 rings (SSSR count). The number of piperazine rings is 1. The van der Waals surface area contributed by atoms with Gasteiger partial charge in [0.1, 0.15) is 6.04 Å². The molecule has 2 aromatic heterocycles. The summed E-state index contributed by atoms with van der Waals surface area (Å²) in [7, 11) is 0. The number of aromatic nitrogens is 5. The monoisotopic (exact) mass is 547 g/mol. The van der Waals surface area contributed by atoms with Gasteiger partial charge < -0.3 is 14.6 Å². The Kier molecular flexibility index (Phi) is 7.14. The number of aryl methyl sites for hydroxylation is 3. The standard InChI is InChI=1S/C29H34ClN7O2/c1-18-6-8-21-15-24(29(38)31-26(21)20(18)3)27(28-32-33-34-37(28)17-23-5-4-14-39-23)36-12-10-35(11-13-36)25-16-22(30)9-7-19(25)2/h6-9,15-16,23,27H,4-5,10-14,17H2,1-3H3,(H,31,38). The van der Waals surface area contributed by atoms with E-state index in [0.29, 0.717) is 17.9 Å². The van der Waals surface area contributed by atoms with Crippen LogP contribution in [0.3, 0.4) is 0 Å². The van der Waals surface area contributed by atoms with Crippen LogP contribution in [-0.2, 0) is 11.3 Å². The first kappa shape index (κ1) is 26.0. The molecule has 1 N–H and O–H groups in total. The minimum Gasteiger partial charge on any atom is -0.376 e. The van der Waals surface area contributed by atoms with Crippen molar-refractivity contribution in [1.82, 2.24) is 30.1 Å². The van der Waals surface area contributed by atoms with Gasteiger partial charge in [0.15, 0.2) is 5.82 Å². The van der Waals surface area contributed by atoms with Crippen LogP contribution >= 0.6 is 11.6 Å². The summed E-state index contributed by atoms with van der Waals surface area (Å²) in [6.45, 7) is 10.6. The van der Waals surface area contributed by atoms with Gasteiger partial charge in [-0.2, -0.15) is 0 Å². The van der Waals surface area contributed by atoms with Gasteiger partial charge in [-0.05, 0) is 84.3 Å². The van der Waals surface area contributed by atoms with E-state index in [1.807, 2.05) is 29.8 Å². The lowest BCUT2D eigenvalue weighted by Gasteiger charge is -2.40. The first-order valence-corrected chi connectivity index (χ1v) is 14.0. The molecular weight excluding hydrogens is 514 g/mol. The minimum atomic E-state index is -0.390. The Labute approximate surface area is 232 Å². The highest BCUT2D eigenvalue weighted by Crippen LogP contribution is 2.31. The maximum Gasteiger partial charge on any atom is 0.253 e. The molecule has 2 aliphatic heterocycles. The zero-order valence-electron chi connectivity index (χ0n) is 22.7. The van der Waals surface area contributed by atoms with Crippen molar-refractivity contribution in [3.8, 4) is 0 Å². The summed E-state index contributed by atoms with van der Waals surface area (Å²) in [4.78, 5) is 21.6. The van der Waals surface area contributed by atoms with E-state index >= 15 is 0 Å². The summed E-state index contributed by atoms with van der Waals surface area (Å²) >= 11 is 6.33. The molecule has 0 amide bonds. The van der Waals surface area contributed by atoms with Crippen molar-refractivity contribution < 1.29 is 4.74 Å². The second-order valence-corrected chi connectivity index (χ2v) is 11.2. The van der Waals surface area contributed by atoms with E-state index in [2.05, 4.69) is 62.4 Å². The number of rotatable bonds is 6. The summed E-state index contributed by atoms with van der Waals surface area (Å²) in [5.41, 5.74) is 6.00. The molecule has 2 saturated heterocycles. The number of fused-ring (bicyclic) bond motifs is 1. The number of benzene rings is 2. The number of nitrogens with zero attached hydrogens (tertiary/aromatic N) is 6. The van der Waals surface area contributed by atoms with Gasteiger partial charge in [0, 0.05) is 49.1 Å². The summed E-state index contributed by atoms with van der Waals surface area (Å²) in [5.74, 6) is 0.673. The van der Waals surface area contributed by atoms with Crippen molar-refractivity contribution in [3.05, 3.63) is 79.9 Å². The van der Waals surface area contributed by atoms with Crippen LogP contribution in [0.25, 0.3) is 10.9 Å². The quantitative estimate of drug-likeness (QED) is 0.387. The molecule has 9 nitrogen and oxygen atoms in total. The molecule has 2 aliphatic rings. The fourth-order valence-electron chi connectivity index (χ4n) is 5.91. The lowest BCUT2D eigenvalue weighted by Crippen LogP contribution is -2.49. The predicted octanol–water partition coefficient (Wildman–Crippen LogP) is 4.18. The number of hydrogen-bond donors (Lipinski definition) is 1. The SMILES string of the molecule is Cc1ccc(Cl)cc1N1CCN(C(c2cc3ccc(C)c(C)c3[nH]c2=O)c2nnnn2CC2CCCO2)CC1. The summed E-state index contributed by atoms with van der Waals surface area (Å²) in [5, 5.41) is 14.6. The summed E-state index contributed by atoms with van der Waals surface area (Å²) in [6, 6.07) is 11.8. The fraction of sp³-hybridized carbons (Fsp3) is 0.448. The third-order valence-corrected chi connectivity index (χ3v) is 8.51. The number of halogens is 1. The molecule has 204 valence electrons. The Balaban J connectivity index is 1.38.